The van der Waals surface area contributed by atoms with Crippen LogP contribution in [0.1, 0.15) is 5.89 Å². The molecule has 10 nitrogen and oxygen atoms in total. The molecular weight excluding hydrogens is 419 g/mol. The van der Waals surface area contributed by atoms with E-state index in [1.807, 2.05) is 0 Å². The Kier molecular flexibility index (Phi) is 5.64. The van der Waals surface area contributed by atoms with Gasteiger partial charge in [0.1, 0.15) is 12.1 Å². The van der Waals surface area contributed by atoms with Crippen LogP contribution in [0.2, 0.25) is 0 Å². The summed E-state index contributed by atoms with van der Waals surface area (Å²) in [4.78, 5) is 4.22. The van der Waals surface area contributed by atoms with Crippen LogP contribution >= 0.6 is 0 Å². The van der Waals surface area contributed by atoms with Crippen molar-refractivity contribution in [3.05, 3.63) is 54.4 Å². The van der Waals surface area contributed by atoms with E-state index < -0.39 is 12.4 Å². The van der Waals surface area contributed by atoms with Crippen LogP contribution in [0.3, 0.4) is 0 Å². The summed E-state index contributed by atoms with van der Waals surface area (Å²) in [5, 5.41) is 17.5. The normalized spacial score (nSPS) is 11.0. The number of benzene rings is 2. The summed E-state index contributed by atoms with van der Waals surface area (Å²) in [6, 6.07) is 8.56. The molecule has 4 rings (SSSR count). The number of hydrogen-bond donors (Lipinski definition) is 1. The Bertz CT molecular complexity index is 1170. The molecule has 0 radical (unpaired) electrons. The van der Waals surface area contributed by atoms with Gasteiger partial charge in [0.25, 0.3) is 0 Å². The number of hydrogen-bond acceptors (Lipinski definition) is 9. The highest BCUT2D eigenvalue weighted by molar-refractivity contribution is 5.60. The van der Waals surface area contributed by atoms with E-state index in [0.29, 0.717) is 11.3 Å². The summed E-state index contributed by atoms with van der Waals surface area (Å²) in [6.07, 6.45) is 1.38. The van der Waals surface area contributed by atoms with E-state index in [1.165, 1.54) is 54.5 Å². The molecule has 0 aliphatic heterocycles. The van der Waals surface area contributed by atoms with E-state index in [1.54, 1.807) is 0 Å². The Hall–Kier alpha value is -4.16. The molecule has 0 fully saturated rings. The summed E-state index contributed by atoms with van der Waals surface area (Å²) < 4.78 is 55.0. The Labute approximate surface area is 172 Å². The second-order valence-corrected chi connectivity index (χ2v) is 6.03. The molecule has 0 bridgehead atoms. The number of halogens is 3. The van der Waals surface area contributed by atoms with E-state index in [0.717, 1.165) is 0 Å². The summed E-state index contributed by atoms with van der Waals surface area (Å²) in [5.41, 5.74) is 1.20. The Morgan fingerprint density at radius 3 is 2.77 bits per heavy atom. The lowest BCUT2D eigenvalue weighted by atomic mass is 10.2. The second kappa shape index (κ2) is 8.69. The molecule has 0 aliphatic carbocycles. The monoisotopic (exact) mass is 433 g/mol. The van der Waals surface area contributed by atoms with Crippen LogP contribution in [-0.4, -0.2) is 44.1 Å². The van der Waals surface area contributed by atoms with Gasteiger partial charge in [-0.2, -0.15) is 13.8 Å². The maximum atomic E-state index is 14.1. The number of ether oxygens (including phenoxy) is 2. The number of nitrogens with one attached hydrogen (secondary N) is 1. The van der Waals surface area contributed by atoms with Crippen molar-refractivity contribution in [2.45, 2.75) is 13.2 Å². The zero-order valence-corrected chi connectivity index (χ0v) is 15.9. The van der Waals surface area contributed by atoms with E-state index in [4.69, 9.17) is 9.26 Å². The Balaban J connectivity index is 1.48. The third kappa shape index (κ3) is 4.55. The zero-order chi connectivity index (χ0) is 21.8. The van der Waals surface area contributed by atoms with Crippen LogP contribution in [-0.2, 0) is 6.54 Å². The van der Waals surface area contributed by atoms with Crippen molar-refractivity contribution in [2.24, 2.45) is 0 Å². The number of aromatic nitrogens is 6. The van der Waals surface area contributed by atoms with E-state index in [-0.39, 0.29) is 35.4 Å². The Morgan fingerprint density at radius 2 is 2.03 bits per heavy atom. The third-order valence-electron chi connectivity index (χ3n) is 4.10. The molecule has 2 aromatic carbocycles. The average molecular weight is 433 g/mol. The molecule has 4 aromatic rings. The van der Waals surface area contributed by atoms with Gasteiger partial charge in [-0.15, -0.1) is 5.10 Å². The van der Waals surface area contributed by atoms with Gasteiger partial charge in [-0.05, 0) is 46.8 Å². The van der Waals surface area contributed by atoms with Crippen molar-refractivity contribution in [1.29, 1.82) is 0 Å². The smallest absolute Gasteiger partial charge is 0.387 e. The molecular formula is C18H14F3N7O3. The third-order valence-corrected chi connectivity index (χ3v) is 4.10. The van der Waals surface area contributed by atoms with Crippen LogP contribution in [0.4, 0.5) is 18.9 Å². The molecule has 13 heteroatoms. The average Bonchev–Trinajstić information content (AvgIpc) is 3.45. The maximum absolute atomic E-state index is 14.1. The summed E-state index contributed by atoms with van der Waals surface area (Å²) >= 11 is 0. The minimum Gasteiger partial charge on any atom is -0.493 e. The van der Waals surface area contributed by atoms with Gasteiger partial charge in [0, 0.05) is 5.56 Å². The van der Waals surface area contributed by atoms with Gasteiger partial charge in [0.2, 0.25) is 11.7 Å². The highest BCUT2D eigenvalue weighted by Crippen LogP contribution is 2.32. The van der Waals surface area contributed by atoms with Gasteiger partial charge in [0.05, 0.1) is 25.0 Å². The molecule has 0 amide bonds. The van der Waals surface area contributed by atoms with Crippen LogP contribution in [0.25, 0.3) is 17.1 Å². The van der Waals surface area contributed by atoms with Gasteiger partial charge in [0.15, 0.2) is 11.5 Å². The van der Waals surface area contributed by atoms with Crippen LogP contribution in [0.5, 0.6) is 11.5 Å². The van der Waals surface area contributed by atoms with Crippen molar-refractivity contribution >= 4 is 5.69 Å². The first-order valence-corrected chi connectivity index (χ1v) is 8.76. The van der Waals surface area contributed by atoms with Gasteiger partial charge < -0.3 is 19.3 Å². The molecule has 0 atom stereocenters. The van der Waals surface area contributed by atoms with Gasteiger partial charge in [-0.25, -0.2) is 9.07 Å². The number of nitrogens with zero attached hydrogens (tertiary/aromatic N) is 6. The first-order valence-electron chi connectivity index (χ1n) is 8.76. The minimum atomic E-state index is -2.98. The lowest BCUT2D eigenvalue weighted by Crippen LogP contribution is -2.04. The quantitative estimate of drug-likeness (QED) is 0.448. The summed E-state index contributed by atoms with van der Waals surface area (Å²) in [5.74, 6) is -0.153. The molecule has 0 saturated carbocycles. The van der Waals surface area contributed by atoms with Crippen LogP contribution in [0, 0.1) is 5.82 Å². The van der Waals surface area contributed by atoms with Crippen molar-refractivity contribution in [1.82, 2.24) is 30.3 Å². The highest BCUT2D eigenvalue weighted by Gasteiger charge is 2.15. The van der Waals surface area contributed by atoms with Crippen molar-refractivity contribution in [3.63, 3.8) is 0 Å². The number of anilines is 1. The number of methoxy groups -OCH3 is 1. The van der Waals surface area contributed by atoms with Crippen molar-refractivity contribution in [3.8, 4) is 28.6 Å². The lowest BCUT2D eigenvalue weighted by Gasteiger charge is -2.10. The molecule has 160 valence electrons. The van der Waals surface area contributed by atoms with E-state index in [9.17, 15) is 13.2 Å². The van der Waals surface area contributed by atoms with E-state index in [2.05, 4.69) is 35.7 Å². The topological polar surface area (TPSA) is 113 Å². The standard InChI is InChI=1S/C18H14F3N7O3/c1-29-15-6-10(2-5-14(15)30-18(20)21)17-24-16(31-25-17)8-22-13-7-11(3-4-12(13)19)28-9-23-26-27-28/h2-7,9,18,22H,8H2,1H3. The van der Waals surface area contributed by atoms with Crippen LogP contribution in [0.15, 0.2) is 47.2 Å². The predicted molar refractivity (Wildman–Crippen MR) is 99.4 cm³/mol. The number of tetrazole rings is 1. The molecule has 2 aromatic heterocycles. The number of rotatable bonds is 8. The first kappa shape index (κ1) is 20.1. The lowest BCUT2D eigenvalue weighted by molar-refractivity contribution is -0.0512. The maximum Gasteiger partial charge on any atom is 0.387 e. The van der Waals surface area contributed by atoms with E-state index >= 15 is 0 Å². The summed E-state index contributed by atoms with van der Waals surface area (Å²) in [6.45, 7) is -2.95. The molecule has 1 N–H and O–H groups in total. The fourth-order valence-electron chi connectivity index (χ4n) is 2.69. The minimum absolute atomic E-state index is 0.0344. The molecule has 0 saturated heterocycles. The van der Waals surface area contributed by atoms with Crippen molar-refractivity contribution in [2.75, 3.05) is 12.4 Å². The fourth-order valence-corrected chi connectivity index (χ4v) is 2.69. The first-order chi connectivity index (χ1) is 15.0. The molecule has 0 unspecified atom stereocenters. The van der Waals surface area contributed by atoms with Gasteiger partial charge in [-0.1, -0.05) is 5.16 Å². The SMILES string of the molecule is COc1cc(-c2noc(CNc3cc(-n4cnnn4)ccc3F)n2)ccc1OC(F)F. The highest BCUT2D eigenvalue weighted by atomic mass is 19.3. The predicted octanol–water partition coefficient (Wildman–Crippen LogP) is 3.07. The van der Waals surface area contributed by atoms with Crippen LogP contribution < -0.4 is 14.8 Å². The van der Waals surface area contributed by atoms with Crippen molar-refractivity contribution < 1.29 is 27.2 Å². The second-order valence-electron chi connectivity index (χ2n) is 6.03. The molecule has 31 heavy (non-hydrogen) atoms. The van der Waals surface area contributed by atoms with Gasteiger partial charge in [-0.3, -0.25) is 0 Å². The largest absolute Gasteiger partial charge is 0.493 e. The summed E-state index contributed by atoms with van der Waals surface area (Å²) in [7, 11) is 1.32. The molecule has 0 spiro atoms. The zero-order valence-electron chi connectivity index (χ0n) is 15.9. The van der Waals surface area contributed by atoms with Gasteiger partial charge >= 0.3 is 6.61 Å². The molecule has 0 aliphatic rings. The fraction of sp³-hybridized carbons (Fsp3) is 0.167. The Morgan fingerprint density at radius 1 is 1.16 bits per heavy atom. The number of alkyl halides is 2. The molecule has 2 heterocycles.